The van der Waals surface area contributed by atoms with Crippen LogP contribution in [0.2, 0.25) is 0 Å². The van der Waals surface area contributed by atoms with Gasteiger partial charge in [-0.2, -0.15) is 11.8 Å². The van der Waals surface area contributed by atoms with E-state index in [0.717, 1.165) is 23.0 Å². The van der Waals surface area contributed by atoms with E-state index in [1.165, 1.54) is 18.6 Å². The van der Waals surface area contributed by atoms with E-state index >= 15 is 0 Å². The zero-order valence-electron chi connectivity index (χ0n) is 9.29. The Labute approximate surface area is 95.2 Å². The minimum Gasteiger partial charge on any atom is -0.398 e. The van der Waals surface area contributed by atoms with Gasteiger partial charge in [-0.3, -0.25) is 0 Å². The molecule has 1 aromatic carbocycles. The Morgan fingerprint density at radius 1 is 1.47 bits per heavy atom. The number of rotatable bonds is 5. The van der Waals surface area contributed by atoms with E-state index in [4.69, 9.17) is 5.73 Å². The molecule has 1 nitrogen and oxygen atoms in total. The Hall–Kier alpha value is -0.700. The fourth-order valence-electron chi connectivity index (χ4n) is 1.19. The molecule has 0 amide bonds. The van der Waals surface area contributed by atoms with Crippen LogP contribution in [0.25, 0.3) is 0 Å². The molecule has 0 aliphatic rings. The van der Waals surface area contributed by atoms with Crippen molar-refractivity contribution < 1.29 is 4.39 Å². The van der Waals surface area contributed by atoms with E-state index < -0.39 is 0 Å². The Kier molecular flexibility index (Phi) is 4.95. The first kappa shape index (κ1) is 12.4. The van der Waals surface area contributed by atoms with Crippen LogP contribution in [0.4, 0.5) is 10.1 Å². The number of halogens is 1. The molecule has 0 fully saturated rings. The fraction of sp³-hybridized carbons (Fsp3) is 0.500. The van der Waals surface area contributed by atoms with Gasteiger partial charge in [0.1, 0.15) is 5.82 Å². The first-order chi connectivity index (χ1) is 7.13. The molecule has 0 heterocycles. The van der Waals surface area contributed by atoms with Crippen LogP contribution in [0.5, 0.6) is 0 Å². The quantitative estimate of drug-likeness (QED) is 0.776. The van der Waals surface area contributed by atoms with Crippen LogP contribution >= 0.6 is 11.8 Å². The predicted molar refractivity (Wildman–Crippen MR) is 66.4 cm³/mol. The fourth-order valence-corrected chi connectivity index (χ4v) is 2.42. The minimum absolute atomic E-state index is 0.261. The molecule has 1 rings (SSSR count). The Morgan fingerprint density at radius 2 is 2.20 bits per heavy atom. The van der Waals surface area contributed by atoms with Crippen molar-refractivity contribution in [2.24, 2.45) is 5.92 Å². The molecule has 0 spiro atoms. The number of anilines is 1. The van der Waals surface area contributed by atoms with Crippen molar-refractivity contribution in [3.63, 3.8) is 0 Å². The average molecular weight is 227 g/mol. The van der Waals surface area contributed by atoms with Gasteiger partial charge in [0.05, 0.1) is 0 Å². The lowest BCUT2D eigenvalue weighted by atomic mass is 10.2. The number of nitrogens with two attached hydrogens (primary N) is 1. The monoisotopic (exact) mass is 227 g/mol. The summed E-state index contributed by atoms with van der Waals surface area (Å²) in [5.41, 5.74) is 7.31. The highest BCUT2D eigenvalue weighted by molar-refractivity contribution is 7.98. The highest BCUT2D eigenvalue weighted by atomic mass is 32.2. The van der Waals surface area contributed by atoms with Crippen LogP contribution in [-0.2, 0) is 5.75 Å². The van der Waals surface area contributed by atoms with E-state index in [1.54, 1.807) is 6.07 Å². The van der Waals surface area contributed by atoms with Gasteiger partial charge in [-0.05, 0) is 29.4 Å². The molecule has 0 bridgehead atoms. The van der Waals surface area contributed by atoms with Crippen molar-refractivity contribution in [2.45, 2.75) is 26.0 Å². The van der Waals surface area contributed by atoms with Gasteiger partial charge < -0.3 is 5.73 Å². The number of hydrogen-bond acceptors (Lipinski definition) is 2. The van der Waals surface area contributed by atoms with Gasteiger partial charge in [-0.1, -0.05) is 26.3 Å². The summed E-state index contributed by atoms with van der Waals surface area (Å²) in [6.45, 7) is 4.43. The van der Waals surface area contributed by atoms with Crippen molar-refractivity contribution in [3.05, 3.63) is 29.6 Å². The van der Waals surface area contributed by atoms with Gasteiger partial charge in [0, 0.05) is 11.4 Å². The normalized spacial score (nSPS) is 12.7. The summed E-state index contributed by atoms with van der Waals surface area (Å²) in [5.74, 6) is 2.48. The van der Waals surface area contributed by atoms with Crippen molar-refractivity contribution >= 4 is 17.4 Å². The lowest BCUT2D eigenvalue weighted by Gasteiger charge is -2.09. The maximum absolute atomic E-state index is 12.8. The second kappa shape index (κ2) is 6.01. The highest BCUT2D eigenvalue weighted by Crippen LogP contribution is 2.21. The molecule has 0 saturated heterocycles. The van der Waals surface area contributed by atoms with Crippen molar-refractivity contribution in [1.29, 1.82) is 0 Å². The third-order valence-electron chi connectivity index (χ3n) is 2.46. The topological polar surface area (TPSA) is 26.0 Å². The molecule has 3 heteroatoms. The summed E-state index contributed by atoms with van der Waals surface area (Å²) in [7, 11) is 0. The van der Waals surface area contributed by atoms with Crippen LogP contribution in [0.1, 0.15) is 25.8 Å². The third kappa shape index (κ3) is 4.12. The van der Waals surface area contributed by atoms with Gasteiger partial charge in [0.15, 0.2) is 0 Å². The van der Waals surface area contributed by atoms with Gasteiger partial charge >= 0.3 is 0 Å². The van der Waals surface area contributed by atoms with Crippen molar-refractivity contribution in [2.75, 3.05) is 11.5 Å². The first-order valence-electron chi connectivity index (χ1n) is 5.25. The standard InChI is InChI=1S/C12H18FNS/c1-3-9(2)7-15-8-10-4-5-11(13)6-12(10)14/h4-6,9H,3,7-8,14H2,1-2H3. The summed E-state index contributed by atoms with van der Waals surface area (Å²) >= 11 is 1.86. The van der Waals surface area contributed by atoms with Crippen LogP contribution in [0.3, 0.4) is 0 Å². The molecular weight excluding hydrogens is 209 g/mol. The maximum atomic E-state index is 12.8. The molecular formula is C12H18FNS. The zero-order valence-corrected chi connectivity index (χ0v) is 10.1. The summed E-state index contributed by atoms with van der Waals surface area (Å²) in [5, 5.41) is 0. The smallest absolute Gasteiger partial charge is 0.125 e. The second-order valence-corrected chi connectivity index (χ2v) is 4.90. The minimum atomic E-state index is -0.261. The van der Waals surface area contributed by atoms with Gasteiger partial charge in [0.2, 0.25) is 0 Å². The molecule has 0 aliphatic carbocycles. The lowest BCUT2D eigenvalue weighted by molar-refractivity contribution is 0.628. The molecule has 0 aromatic heterocycles. The van der Waals surface area contributed by atoms with Gasteiger partial charge in [-0.15, -0.1) is 0 Å². The van der Waals surface area contributed by atoms with Crippen molar-refractivity contribution in [3.8, 4) is 0 Å². The van der Waals surface area contributed by atoms with Crippen LogP contribution < -0.4 is 5.73 Å². The molecule has 0 radical (unpaired) electrons. The highest BCUT2D eigenvalue weighted by Gasteiger charge is 2.03. The second-order valence-electron chi connectivity index (χ2n) is 3.87. The zero-order chi connectivity index (χ0) is 11.3. The first-order valence-corrected chi connectivity index (χ1v) is 6.40. The molecule has 0 saturated carbocycles. The molecule has 2 N–H and O–H groups in total. The predicted octanol–water partition coefficient (Wildman–Crippen LogP) is 3.69. The van der Waals surface area contributed by atoms with Crippen LogP contribution in [0, 0.1) is 11.7 Å². The van der Waals surface area contributed by atoms with E-state index in [1.807, 2.05) is 11.8 Å². The van der Waals surface area contributed by atoms with Crippen LogP contribution in [-0.4, -0.2) is 5.75 Å². The van der Waals surface area contributed by atoms with Gasteiger partial charge in [0.25, 0.3) is 0 Å². The SMILES string of the molecule is CCC(C)CSCc1ccc(F)cc1N. The summed E-state index contributed by atoms with van der Waals surface area (Å²) in [6, 6.07) is 4.63. The molecule has 84 valence electrons. The summed E-state index contributed by atoms with van der Waals surface area (Å²) in [6.07, 6.45) is 1.20. The van der Waals surface area contributed by atoms with Crippen LogP contribution in [0.15, 0.2) is 18.2 Å². The lowest BCUT2D eigenvalue weighted by Crippen LogP contribution is -1.98. The van der Waals surface area contributed by atoms with E-state index in [-0.39, 0.29) is 5.82 Å². The average Bonchev–Trinajstić information content (AvgIpc) is 2.21. The number of nitrogen functional groups attached to an aromatic ring is 1. The van der Waals surface area contributed by atoms with Crippen molar-refractivity contribution in [1.82, 2.24) is 0 Å². The summed E-state index contributed by atoms with van der Waals surface area (Å²) < 4.78 is 12.8. The molecule has 1 atom stereocenters. The molecule has 1 aromatic rings. The Morgan fingerprint density at radius 3 is 2.80 bits per heavy atom. The molecule has 1 unspecified atom stereocenters. The number of benzene rings is 1. The number of thioether (sulfide) groups is 1. The third-order valence-corrected chi connectivity index (χ3v) is 3.78. The molecule has 15 heavy (non-hydrogen) atoms. The Bertz CT molecular complexity index is 314. The van der Waals surface area contributed by atoms with E-state index in [9.17, 15) is 4.39 Å². The maximum Gasteiger partial charge on any atom is 0.125 e. The van der Waals surface area contributed by atoms with E-state index in [2.05, 4.69) is 13.8 Å². The Balaban J connectivity index is 2.44. The van der Waals surface area contributed by atoms with Gasteiger partial charge in [-0.25, -0.2) is 4.39 Å². The summed E-state index contributed by atoms with van der Waals surface area (Å²) in [4.78, 5) is 0. The molecule has 0 aliphatic heterocycles. The van der Waals surface area contributed by atoms with E-state index in [0.29, 0.717) is 5.69 Å². The largest absolute Gasteiger partial charge is 0.398 e. The number of hydrogen-bond donors (Lipinski definition) is 1.